The van der Waals surface area contributed by atoms with Crippen LogP contribution in [0.1, 0.15) is 44.1 Å². The van der Waals surface area contributed by atoms with Gasteiger partial charge in [-0.1, -0.05) is 67.8 Å². The lowest BCUT2D eigenvalue weighted by atomic mass is 9.82. The fraction of sp³-hybridized carbons (Fsp3) is 0.419. The van der Waals surface area contributed by atoms with E-state index in [1.54, 1.807) is 0 Å². The summed E-state index contributed by atoms with van der Waals surface area (Å²) in [5, 5.41) is 13.0. The van der Waals surface area contributed by atoms with Gasteiger partial charge in [0.25, 0.3) is 0 Å². The Morgan fingerprint density at radius 3 is 2.08 bits per heavy atom. The number of benzene rings is 3. The molecule has 3 aromatic carbocycles. The SMILES string of the molecule is O=[PH](O)C1(C(CCNCC(O)COc2ccc(OCc3ccccc3)cc2)Oc2ccccc2)CCCCC1. The number of nitrogens with one attached hydrogen (secondary N) is 1. The number of para-hydroxylation sites is 1. The van der Waals surface area contributed by atoms with Crippen molar-refractivity contribution in [2.45, 2.75) is 62.5 Å². The third kappa shape index (κ3) is 8.84. The molecule has 0 aliphatic heterocycles. The number of hydrogen-bond donors (Lipinski definition) is 3. The normalized spacial score (nSPS) is 17.1. The molecule has 3 atom stereocenters. The van der Waals surface area contributed by atoms with Gasteiger partial charge in [-0.25, -0.2) is 0 Å². The Labute approximate surface area is 232 Å². The van der Waals surface area contributed by atoms with Gasteiger partial charge < -0.3 is 29.5 Å². The van der Waals surface area contributed by atoms with Crippen molar-refractivity contribution in [3.05, 3.63) is 90.5 Å². The van der Waals surface area contributed by atoms with Crippen LogP contribution in [0.15, 0.2) is 84.9 Å². The van der Waals surface area contributed by atoms with Crippen LogP contribution in [0.4, 0.5) is 0 Å². The molecule has 0 amide bonds. The van der Waals surface area contributed by atoms with Gasteiger partial charge in [-0.05, 0) is 67.8 Å². The molecule has 39 heavy (non-hydrogen) atoms. The Morgan fingerprint density at radius 2 is 1.44 bits per heavy atom. The van der Waals surface area contributed by atoms with Gasteiger partial charge in [-0.15, -0.1) is 0 Å². The van der Waals surface area contributed by atoms with Crippen LogP contribution in [-0.2, 0) is 11.2 Å². The number of ether oxygens (including phenoxy) is 3. The molecule has 4 rings (SSSR count). The first-order chi connectivity index (χ1) is 19.0. The highest BCUT2D eigenvalue weighted by Crippen LogP contribution is 2.50. The molecule has 1 saturated carbocycles. The summed E-state index contributed by atoms with van der Waals surface area (Å²) in [4.78, 5) is 10.4. The summed E-state index contributed by atoms with van der Waals surface area (Å²) in [6.07, 6.45) is 3.86. The van der Waals surface area contributed by atoms with E-state index in [2.05, 4.69) is 5.32 Å². The van der Waals surface area contributed by atoms with E-state index in [4.69, 9.17) is 14.2 Å². The highest BCUT2D eigenvalue weighted by atomic mass is 31.1. The maximum Gasteiger partial charge on any atom is 0.198 e. The first kappa shape index (κ1) is 29.2. The Kier molecular flexibility index (Phi) is 11.3. The van der Waals surface area contributed by atoms with Gasteiger partial charge in [0.15, 0.2) is 8.03 Å². The minimum Gasteiger partial charge on any atom is -0.491 e. The zero-order valence-corrected chi connectivity index (χ0v) is 23.3. The number of aliphatic hydroxyl groups is 1. The summed E-state index contributed by atoms with van der Waals surface area (Å²) in [6.45, 7) is 1.55. The summed E-state index contributed by atoms with van der Waals surface area (Å²) in [7, 11) is -2.81. The van der Waals surface area contributed by atoms with E-state index < -0.39 is 19.3 Å². The number of aliphatic hydroxyl groups excluding tert-OH is 1. The lowest BCUT2D eigenvalue weighted by Gasteiger charge is -2.41. The minimum absolute atomic E-state index is 0.148. The summed E-state index contributed by atoms with van der Waals surface area (Å²) >= 11 is 0. The average Bonchev–Trinajstić information content (AvgIpc) is 2.98. The lowest BCUT2D eigenvalue weighted by molar-refractivity contribution is 0.0968. The van der Waals surface area contributed by atoms with Crippen molar-refractivity contribution in [1.82, 2.24) is 5.32 Å². The van der Waals surface area contributed by atoms with E-state index in [9.17, 15) is 14.6 Å². The molecule has 0 spiro atoms. The molecule has 7 nitrogen and oxygen atoms in total. The molecule has 0 saturated heterocycles. The van der Waals surface area contributed by atoms with Crippen molar-refractivity contribution in [1.29, 1.82) is 0 Å². The maximum absolute atomic E-state index is 12.6. The van der Waals surface area contributed by atoms with E-state index in [0.717, 1.165) is 30.6 Å². The van der Waals surface area contributed by atoms with E-state index in [1.165, 1.54) is 0 Å². The molecule has 0 bridgehead atoms. The molecule has 3 unspecified atom stereocenters. The average molecular weight is 554 g/mol. The molecular formula is C31H40NO6P. The lowest BCUT2D eigenvalue weighted by Crippen LogP contribution is -2.46. The van der Waals surface area contributed by atoms with Crippen molar-refractivity contribution >= 4 is 8.03 Å². The van der Waals surface area contributed by atoms with Crippen LogP contribution in [0, 0.1) is 0 Å². The zero-order chi connectivity index (χ0) is 27.3. The Hall–Kier alpha value is -2.83. The van der Waals surface area contributed by atoms with Crippen LogP contribution in [0.25, 0.3) is 0 Å². The summed E-state index contributed by atoms with van der Waals surface area (Å²) in [5.74, 6) is 2.12. The van der Waals surface area contributed by atoms with Gasteiger partial charge in [-0.3, -0.25) is 4.57 Å². The van der Waals surface area contributed by atoms with Crippen molar-refractivity contribution < 1.29 is 28.8 Å². The quantitative estimate of drug-likeness (QED) is 0.166. The first-order valence-electron chi connectivity index (χ1n) is 13.8. The van der Waals surface area contributed by atoms with E-state index in [0.29, 0.717) is 50.5 Å². The third-order valence-corrected chi connectivity index (χ3v) is 8.96. The van der Waals surface area contributed by atoms with E-state index >= 15 is 0 Å². The van der Waals surface area contributed by atoms with Crippen LogP contribution in [-0.4, -0.2) is 47.1 Å². The minimum atomic E-state index is -2.81. The molecule has 0 heterocycles. The van der Waals surface area contributed by atoms with Crippen LogP contribution >= 0.6 is 8.03 Å². The van der Waals surface area contributed by atoms with Gasteiger partial charge in [0, 0.05) is 6.54 Å². The topological polar surface area (TPSA) is 97.3 Å². The van der Waals surface area contributed by atoms with Gasteiger partial charge in [0.2, 0.25) is 0 Å². The van der Waals surface area contributed by atoms with Crippen LogP contribution in [0.2, 0.25) is 0 Å². The molecule has 3 N–H and O–H groups in total. The molecule has 0 aromatic heterocycles. The molecule has 8 heteroatoms. The maximum atomic E-state index is 12.6. The largest absolute Gasteiger partial charge is 0.491 e. The molecule has 210 valence electrons. The second-order valence-corrected chi connectivity index (χ2v) is 11.8. The summed E-state index contributed by atoms with van der Waals surface area (Å²) < 4.78 is 30.5. The molecule has 1 aliphatic carbocycles. The summed E-state index contributed by atoms with van der Waals surface area (Å²) in [6, 6.07) is 26.8. The first-order valence-corrected chi connectivity index (χ1v) is 15.1. The van der Waals surface area contributed by atoms with Crippen molar-refractivity contribution in [3.8, 4) is 17.2 Å². The molecule has 1 aliphatic rings. The van der Waals surface area contributed by atoms with Crippen LogP contribution in [0.5, 0.6) is 17.2 Å². The van der Waals surface area contributed by atoms with Crippen LogP contribution < -0.4 is 19.5 Å². The smallest absolute Gasteiger partial charge is 0.198 e. The van der Waals surface area contributed by atoms with Crippen molar-refractivity contribution in [3.63, 3.8) is 0 Å². The van der Waals surface area contributed by atoms with Gasteiger partial charge >= 0.3 is 0 Å². The third-order valence-electron chi connectivity index (χ3n) is 7.29. The number of rotatable bonds is 15. The van der Waals surface area contributed by atoms with E-state index in [-0.39, 0.29) is 12.7 Å². The van der Waals surface area contributed by atoms with Crippen molar-refractivity contribution in [2.75, 3.05) is 19.7 Å². The predicted molar refractivity (Wildman–Crippen MR) is 154 cm³/mol. The van der Waals surface area contributed by atoms with Crippen LogP contribution in [0.3, 0.4) is 0 Å². The molecular weight excluding hydrogens is 513 g/mol. The zero-order valence-electron chi connectivity index (χ0n) is 22.3. The standard InChI is InChI=1S/C31H40NO6P/c33-26(24-37-28-16-14-27(15-17-28)36-23-25-10-4-1-5-11-25)22-32-21-18-30(38-29-12-6-2-7-13-29)31(39(34)35)19-8-3-9-20-31/h1-2,4-7,10-17,26,30,32-33,39H,3,8-9,18-24H2,(H,34,35). The fourth-order valence-corrected chi connectivity index (χ4v) is 6.35. The second-order valence-electron chi connectivity index (χ2n) is 10.1. The predicted octanol–water partition coefficient (Wildman–Crippen LogP) is 5.60. The highest BCUT2D eigenvalue weighted by Gasteiger charge is 2.45. The Morgan fingerprint density at radius 1 is 0.821 bits per heavy atom. The number of hydrogen-bond acceptors (Lipinski definition) is 6. The Balaban J connectivity index is 1.21. The second kappa shape index (κ2) is 15.1. The molecule has 0 radical (unpaired) electrons. The van der Waals surface area contributed by atoms with Gasteiger partial charge in [-0.2, -0.15) is 0 Å². The highest BCUT2D eigenvalue weighted by molar-refractivity contribution is 7.40. The fourth-order valence-electron chi connectivity index (χ4n) is 5.09. The Bertz CT molecular complexity index is 1120. The van der Waals surface area contributed by atoms with Gasteiger partial charge in [0.1, 0.15) is 42.7 Å². The molecule has 3 aromatic rings. The van der Waals surface area contributed by atoms with Crippen molar-refractivity contribution in [2.24, 2.45) is 0 Å². The molecule has 1 fully saturated rings. The van der Waals surface area contributed by atoms with Gasteiger partial charge in [0.05, 0.1) is 5.16 Å². The van der Waals surface area contributed by atoms with E-state index in [1.807, 2.05) is 84.9 Å². The monoisotopic (exact) mass is 553 g/mol. The summed E-state index contributed by atoms with van der Waals surface area (Å²) in [5.41, 5.74) is 1.10.